The SMILES string of the molecule is CC(=O)Oc1cccc(C(=O)N2CCN(C(=O)C3CC(=O)N(C(C)c4ccccc4)C3)CC2)c1. The van der Waals surface area contributed by atoms with E-state index in [0.717, 1.165) is 5.56 Å². The molecule has 2 aromatic carbocycles. The molecule has 0 spiro atoms. The van der Waals surface area contributed by atoms with E-state index in [0.29, 0.717) is 44.0 Å². The van der Waals surface area contributed by atoms with Crippen LogP contribution in [0.3, 0.4) is 0 Å². The Bertz CT molecular complexity index is 1080. The van der Waals surface area contributed by atoms with Gasteiger partial charge in [0.2, 0.25) is 11.8 Å². The summed E-state index contributed by atoms with van der Waals surface area (Å²) in [5, 5.41) is 0. The number of hydrogen-bond acceptors (Lipinski definition) is 5. The van der Waals surface area contributed by atoms with Crippen molar-refractivity contribution in [2.24, 2.45) is 5.92 Å². The van der Waals surface area contributed by atoms with Crippen LogP contribution in [0.2, 0.25) is 0 Å². The molecular formula is C26H29N3O5. The van der Waals surface area contributed by atoms with E-state index >= 15 is 0 Å². The fourth-order valence-electron chi connectivity index (χ4n) is 4.61. The van der Waals surface area contributed by atoms with Gasteiger partial charge in [-0.15, -0.1) is 0 Å². The molecule has 2 saturated heterocycles. The molecule has 0 bridgehead atoms. The summed E-state index contributed by atoms with van der Waals surface area (Å²) in [6, 6.07) is 16.3. The molecule has 2 unspecified atom stereocenters. The van der Waals surface area contributed by atoms with Crippen LogP contribution in [-0.4, -0.2) is 71.1 Å². The highest BCUT2D eigenvalue weighted by Gasteiger charge is 2.39. The minimum atomic E-state index is -0.446. The van der Waals surface area contributed by atoms with Crippen molar-refractivity contribution in [1.82, 2.24) is 14.7 Å². The summed E-state index contributed by atoms with van der Waals surface area (Å²) >= 11 is 0. The number of ether oxygens (including phenoxy) is 1. The number of piperazine rings is 1. The van der Waals surface area contributed by atoms with Crippen LogP contribution in [0.1, 0.15) is 42.2 Å². The first kappa shape index (κ1) is 23.5. The highest BCUT2D eigenvalue weighted by atomic mass is 16.5. The standard InChI is InChI=1S/C26H29N3O5/c1-18(20-7-4-3-5-8-20)29-17-22(16-24(29)31)26(33)28-13-11-27(12-14-28)25(32)21-9-6-10-23(15-21)34-19(2)30/h3-10,15,18,22H,11-14,16-17H2,1-2H3. The first-order valence-corrected chi connectivity index (χ1v) is 11.5. The second-order valence-corrected chi connectivity index (χ2v) is 8.77. The quantitative estimate of drug-likeness (QED) is 0.502. The Morgan fingerprint density at radius 3 is 2.29 bits per heavy atom. The van der Waals surface area contributed by atoms with Gasteiger partial charge >= 0.3 is 5.97 Å². The first-order valence-electron chi connectivity index (χ1n) is 11.5. The Balaban J connectivity index is 1.33. The molecule has 2 fully saturated rings. The summed E-state index contributed by atoms with van der Waals surface area (Å²) in [6.07, 6.45) is 0.220. The summed E-state index contributed by atoms with van der Waals surface area (Å²) < 4.78 is 5.07. The fraction of sp³-hybridized carbons (Fsp3) is 0.385. The van der Waals surface area contributed by atoms with E-state index in [-0.39, 0.29) is 36.1 Å². The Morgan fingerprint density at radius 2 is 1.62 bits per heavy atom. The van der Waals surface area contributed by atoms with Crippen LogP contribution >= 0.6 is 0 Å². The number of nitrogens with zero attached hydrogens (tertiary/aromatic N) is 3. The third-order valence-corrected chi connectivity index (χ3v) is 6.48. The zero-order valence-corrected chi connectivity index (χ0v) is 19.5. The predicted molar refractivity (Wildman–Crippen MR) is 125 cm³/mol. The van der Waals surface area contributed by atoms with Gasteiger partial charge < -0.3 is 19.4 Å². The number of benzene rings is 2. The van der Waals surface area contributed by atoms with Gasteiger partial charge in [-0.3, -0.25) is 19.2 Å². The molecule has 0 aromatic heterocycles. The molecule has 8 heteroatoms. The van der Waals surface area contributed by atoms with Crippen molar-refractivity contribution < 1.29 is 23.9 Å². The van der Waals surface area contributed by atoms with Gasteiger partial charge in [0.25, 0.3) is 5.91 Å². The smallest absolute Gasteiger partial charge is 0.308 e. The number of esters is 1. The van der Waals surface area contributed by atoms with Crippen molar-refractivity contribution >= 4 is 23.7 Å². The van der Waals surface area contributed by atoms with Gasteiger partial charge in [-0.2, -0.15) is 0 Å². The number of likely N-dealkylation sites (tertiary alicyclic amines) is 1. The van der Waals surface area contributed by atoms with E-state index in [1.165, 1.54) is 6.92 Å². The lowest BCUT2D eigenvalue weighted by Crippen LogP contribution is -2.52. The lowest BCUT2D eigenvalue weighted by atomic mass is 10.1. The van der Waals surface area contributed by atoms with Crippen molar-refractivity contribution in [3.63, 3.8) is 0 Å². The van der Waals surface area contributed by atoms with Crippen molar-refractivity contribution in [2.75, 3.05) is 32.7 Å². The van der Waals surface area contributed by atoms with Gasteiger partial charge in [0.1, 0.15) is 5.75 Å². The Hall–Kier alpha value is -3.68. The average Bonchev–Trinajstić information content (AvgIpc) is 3.24. The third-order valence-electron chi connectivity index (χ3n) is 6.48. The molecule has 2 aromatic rings. The van der Waals surface area contributed by atoms with Crippen molar-refractivity contribution in [3.8, 4) is 5.75 Å². The van der Waals surface area contributed by atoms with Gasteiger partial charge in [0.05, 0.1) is 12.0 Å². The Labute approximate surface area is 199 Å². The van der Waals surface area contributed by atoms with E-state index in [2.05, 4.69) is 0 Å². The largest absolute Gasteiger partial charge is 0.427 e. The van der Waals surface area contributed by atoms with Gasteiger partial charge in [0, 0.05) is 51.6 Å². The molecule has 2 aliphatic rings. The van der Waals surface area contributed by atoms with E-state index in [9.17, 15) is 19.2 Å². The molecular weight excluding hydrogens is 434 g/mol. The molecule has 3 amide bonds. The summed E-state index contributed by atoms with van der Waals surface area (Å²) in [7, 11) is 0. The first-order chi connectivity index (χ1) is 16.3. The van der Waals surface area contributed by atoms with Gasteiger partial charge in [-0.1, -0.05) is 36.4 Å². The van der Waals surface area contributed by atoms with Crippen molar-refractivity contribution in [3.05, 3.63) is 65.7 Å². The molecule has 2 atom stereocenters. The Morgan fingerprint density at radius 1 is 0.941 bits per heavy atom. The summed E-state index contributed by atoms with van der Waals surface area (Å²) in [5.41, 5.74) is 1.49. The van der Waals surface area contributed by atoms with E-state index in [1.54, 1.807) is 39.0 Å². The highest BCUT2D eigenvalue weighted by Crippen LogP contribution is 2.29. The van der Waals surface area contributed by atoms with E-state index in [1.807, 2.05) is 37.3 Å². The van der Waals surface area contributed by atoms with Crippen LogP contribution in [-0.2, 0) is 14.4 Å². The van der Waals surface area contributed by atoms with Crippen LogP contribution in [0.15, 0.2) is 54.6 Å². The molecule has 2 aliphatic heterocycles. The van der Waals surface area contributed by atoms with Crippen LogP contribution in [0, 0.1) is 5.92 Å². The van der Waals surface area contributed by atoms with Gasteiger partial charge in [-0.25, -0.2) is 0 Å². The highest BCUT2D eigenvalue weighted by molar-refractivity contribution is 5.95. The lowest BCUT2D eigenvalue weighted by Gasteiger charge is -2.36. The second kappa shape index (κ2) is 10.1. The maximum Gasteiger partial charge on any atom is 0.308 e. The molecule has 2 heterocycles. The van der Waals surface area contributed by atoms with Crippen molar-refractivity contribution in [2.45, 2.75) is 26.3 Å². The summed E-state index contributed by atoms with van der Waals surface area (Å²) in [6.45, 7) is 5.38. The summed E-state index contributed by atoms with van der Waals surface area (Å²) in [5.74, 6) is -0.677. The average molecular weight is 464 g/mol. The van der Waals surface area contributed by atoms with E-state index < -0.39 is 5.97 Å². The van der Waals surface area contributed by atoms with Crippen molar-refractivity contribution in [1.29, 1.82) is 0 Å². The predicted octanol–water partition coefficient (Wildman–Crippen LogP) is 2.51. The van der Waals surface area contributed by atoms with Crippen LogP contribution < -0.4 is 4.74 Å². The fourth-order valence-corrected chi connectivity index (χ4v) is 4.61. The monoisotopic (exact) mass is 463 g/mol. The van der Waals surface area contributed by atoms with Gasteiger partial charge in [-0.05, 0) is 30.7 Å². The number of rotatable bonds is 5. The topological polar surface area (TPSA) is 87.2 Å². The normalized spacial score (nSPS) is 19.2. The summed E-state index contributed by atoms with van der Waals surface area (Å²) in [4.78, 5) is 55.1. The number of carbonyl (C=O) groups excluding carboxylic acids is 4. The van der Waals surface area contributed by atoms with E-state index in [4.69, 9.17) is 4.74 Å². The molecule has 178 valence electrons. The zero-order valence-electron chi connectivity index (χ0n) is 19.5. The van der Waals surface area contributed by atoms with Crippen LogP contribution in [0.25, 0.3) is 0 Å². The molecule has 34 heavy (non-hydrogen) atoms. The van der Waals surface area contributed by atoms with Gasteiger partial charge in [0.15, 0.2) is 0 Å². The number of carbonyl (C=O) groups is 4. The zero-order chi connectivity index (χ0) is 24.2. The number of amides is 3. The maximum absolute atomic E-state index is 13.1. The second-order valence-electron chi connectivity index (χ2n) is 8.77. The molecule has 8 nitrogen and oxygen atoms in total. The molecule has 0 N–H and O–H groups in total. The molecule has 0 radical (unpaired) electrons. The maximum atomic E-state index is 13.1. The lowest BCUT2D eigenvalue weighted by molar-refractivity contribution is -0.137. The molecule has 4 rings (SSSR count). The Kier molecular flexibility index (Phi) is 6.95. The minimum Gasteiger partial charge on any atom is -0.427 e. The van der Waals surface area contributed by atoms with Crippen LogP contribution in [0.5, 0.6) is 5.75 Å². The third kappa shape index (κ3) is 5.11. The molecule has 0 saturated carbocycles. The minimum absolute atomic E-state index is 0.00354. The number of hydrogen-bond donors (Lipinski definition) is 0. The molecule has 0 aliphatic carbocycles. The van der Waals surface area contributed by atoms with Crippen LogP contribution in [0.4, 0.5) is 0 Å².